The third kappa shape index (κ3) is 3.72. The minimum Gasteiger partial charge on any atom is -0.478 e. The standard InChI is InChI=1S/C15H21NO2S/c1-10-9-11(2)16-14(13(10)15(17)18)19-12-7-5-3-4-6-8-12/h9,12H,3-8H2,1-2H3,(H,17,18). The highest BCUT2D eigenvalue weighted by atomic mass is 32.2. The first-order chi connectivity index (χ1) is 9.08. The van der Waals surface area contributed by atoms with E-state index in [-0.39, 0.29) is 0 Å². The van der Waals surface area contributed by atoms with Crippen LogP contribution >= 0.6 is 11.8 Å². The zero-order valence-corrected chi connectivity index (χ0v) is 12.4. The van der Waals surface area contributed by atoms with Gasteiger partial charge < -0.3 is 5.11 Å². The molecule has 3 nitrogen and oxygen atoms in total. The Morgan fingerprint density at radius 2 is 1.89 bits per heavy atom. The molecule has 1 heterocycles. The quantitative estimate of drug-likeness (QED) is 0.842. The summed E-state index contributed by atoms with van der Waals surface area (Å²) in [5, 5.41) is 10.6. The van der Waals surface area contributed by atoms with Gasteiger partial charge in [-0.25, -0.2) is 9.78 Å². The van der Waals surface area contributed by atoms with Crippen LogP contribution in [0.4, 0.5) is 0 Å². The van der Waals surface area contributed by atoms with E-state index in [0.717, 1.165) is 11.3 Å². The van der Waals surface area contributed by atoms with Crippen LogP contribution in [0.15, 0.2) is 11.1 Å². The molecule has 1 aliphatic carbocycles. The van der Waals surface area contributed by atoms with E-state index in [1.54, 1.807) is 11.8 Å². The highest BCUT2D eigenvalue weighted by Gasteiger charge is 2.21. The Morgan fingerprint density at radius 3 is 2.47 bits per heavy atom. The van der Waals surface area contributed by atoms with E-state index in [0.29, 0.717) is 15.8 Å². The number of carboxylic acids is 1. The summed E-state index contributed by atoms with van der Waals surface area (Å²) in [6, 6.07) is 1.85. The molecule has 0 atom stereocenters. The minimum atomic E-state index is -0.860. The lowest BCUT2D eigenvalue weighted by Crippen LogP contribution is -2.09. The lowest BCUT2D eigenvalue weighted by molar-refractivity contribution is 0.0691. The molecule has 0 amide bonds. The van der Waals surface area contributed by atoms with E-state index in [1.807, 2.05) is 19.9 Å². The fraction of sp³-hybridized carbons (Fsp3) is 0.600. The number of hydrogen-bond donors (Lipinski definition) is 1. The molecule has 0 spiro atoms. The summed E-state index contributed by atoms with van der Waals surface area (Å²) in [5.41, 5.74) is 2.11. The molecule has 1 N–H and O–H groups in total. The van der Waals surface area contributed by atoms with Crippen LogP contribution in [0.2, 0.25) is 0 Å². The molecule has 1 fully saturated rings. The van der Waals surface area contributed by atoms with E-state index in [9.17, 15) is 9.90 Å². The van der Waals surface area contributed by atoms with Crippen molar-refractivity contribution in [2.75, 3.05) is 0 Å². The molecule has 104 valence electrons. The number of hydrogen-bond acceptors (Lipinski definition) is 3. The van der Waals surface area contributed by atoms with E-state index in [4.69, 9.17) is 0 Å². The van der Waals surface area contributed by atoms with Crippen molar-refractivity contribution in [3.63, 3.8) is 0 Å². The number of carbonyl (C=O) groups is 1. The molecular formula is C15H21NO2S. The normalized spacial score (nSPS) is 17.2. The zero-order chi connectivity index (χ0) is 13.8. The molecule has 0 unspecified atom stereocenters. The maximum atomic E-state index is 11.4. The van der Waals surface area contributed by atoms with Gasteiger partial charge in [-0.2, -0.15) is 0 Å². The number of aryl methyl sites for hydroxylation is 2. The second-order valence-corrected chi connectivity index (χ2v) is 6.59. The van der Waals surface area contributed by atoms with Gasteiger partial charge in [0.1, 0.15) is 5.03 Å². The molecule has 0 saturated heterocycles. The molecule has 1 saturated carbocycles. The van der Waals surface area contributed by atoms with Crippen molar-refractivity contribution in [2.45, 2.75) is 62.6 Å². The fourth-order valence-electron chi connectivity index (χ4n) is 2.67. The Kier molecular flexibility index (Phi) is 4.86. The summed E-state index contributed by atoms with van der Waals surface area (Å²) in [6.45, 7) is 3.78. The smallest absolute Gasteiger partial charge is 0.338 e. The zero-order valence-electron chi connectivity index (χ0n) is 11.6. The molecule has 0 aliphatic heterocycles. The Balaban J connectivity index is 2.24. The highest BCUT2D eigenvalue weighted by molar-refractivity contribution is 7.99. The van der Waals surface area contributed by atoms with E-state index < -0.39 is 5.97 Å². The molecular weight excluding hydrogens is 258 g/mol. The number of thioether (sulfide) groups is 1. The van der Waals surface area contributed by atoms with Gasteiger partial charge in [0.2, 0.25) is 0 Å². The van der Waals surface area contributed by atoms with Gasteiger partial charge >= 0.3 is 5.97 Å². The summed E-state index contributed by atoms with van der Waals surface area (Å²) in [6.07, 6.45) is 7.48. The van der Waals surface area contributed by atoms with Crippen molar-refractivity contribution in [3.05, 3.63) is 22.9 Å². The summed E-state index contributed by atoms with van der Waals surface area (Å²) in [7, 11) is 0. The molecule has 4 heteroatoms. The van der Waals surface area contributed by atoms with Crippen LogP contribution in [-0.4, -0.2) is 21.3 Å². The van der Waals surface area contributed by atoms with Crippen molar-refractivity contribution in [2.24, 2.45) is 0 Å². The SMILES string of the molecule is Cc1cc(C)c(C(=O)O)c(SC2CCCCCC2)n1. The molecule has 19 heavy (non-hydrogen) atoms. The van der Waals surface area contributed by atoms with Gasteiger partial charge in [-0.3, -0.25) is 0 Å². The third-order valence-electron chi connectivity index (χ3n) is 3.61. The second-order valence-electron chi connectivity index (χ2n) is 5.30. The largest absolute Gasteiger partial charge is 0.478 e. The van der Waals surface area contributed by atoms with Crippen LogP contribution in [0.5, 0.6) is 0 Å². The fourth-order valence-corrected chi connectivity index (χ4v) is 4.11. The summed E-state index contributed by atoms with van der Waals surface area (Å²) < 4.78 is 0. The maximum absolute atomic E-state index is 11.4. The van der Waals surface area contributed by atoms with Gasteiger partial charge in [0.15, 0.2) is 0 Å². The molecule has 0 bridgehead atoms. The molecule has 0 radical (unpaired) electrons. The number of nitrogens with zero attached hydrogens (tertiary/aromatic N) is 1. The van der Waals surface area contributed by atoms with Crippen molar-refractivity contribution in [1.82, 2.24) is 4.98 Å². The van der Waals surface area contributed by atoms with Crippen molar-refractivity contribution in [1.29, 1.82) is 0 Å². The molecule has 0 aromatic carbocycles. The van der Waals surface area contributed by atoms with Gasteiger partial charge in [0, 0.05) is 10.9 Å². The molecule has 2 rings (SSSR count). The van der Waals surface area contributed by atoms with Crippen LogP contribution in [-0.2, 0) is 0 Å². The number of carboxylic acid groups (broad SMARTS) is 1. The van der Waals surface area contributed by atoms with Gasteiger partial charge in [0.05, 0.1) is 5.56 Å². The second kappa shape index (κ2) is 6.42. The Hall–Kier alpha value is -1.03. The van der Waals surface area contributed by atoms with Crippen LogP contribution in [0.3, 0.4) is 0 Å². The Morgan fingerprint density at radius 1 is 1.26 bits per heavy atom. The Labute approximate surface area is 118 Å². The summed E-state index contributed by atoms with van der Waals surface area (Å²) in [4.78, 5) is 15.9. The first kappa shape index (κ1) is 14.4. The number of rotatable bonds is 3. The third-order valence-corrected chi connectivity index (χ3v) is 4.93. The predicted octanol–water partition coefficient (Wildman–Crippen LogP) is 4.21. The molecule has 1 aliphatic rings. The van der Waals surface area contributed by atoms with Crippen molar-refractivity contribution >= 4 is 17.7 Å². The van der Waals surface area contributed by atoms with Crippen LogP contribution in [0, 0.1) is 13.8 Å². The van der Waals surface area contributed by atoms with Gasteiger partial charge in [-0.1, -0.05) is 25.7 Å². The highest BCUT2D eigenvalue weighted by Crippen LogP contribution is 2.34. The van der Waals surface area contributed by atoms with Crippen LogP contribution in [0.25, 0.3) is 0 Å². The van der Waals surface area contributed by atoms with Crippen LogP contribution < -0.4 is 0 Å². The van der Waals surface area contributed by atoms with Crippen molar-refractivity contribution in [3.8, 4) is 0 Å². The monoisotopic (exact) mass is 279 g/mol. The average Bonchev–Trinajstić information content (AvgIpc) is 2.56. The topological polar surface area (TPSA) is 50.2 Å². The first-order valence-corrected chi connectivity index (χ1v) is 7.84. The summed E-state index contributed by atoms with van der Waals surface area (Å²) >= 11 is 1.67. The molecule has 1 aromatic rings. The number of aromatic carboxylic acids is 1. The van der Waals surface area contributed by atoms with Crippen LogP contribution in [0.1, 0.15) is 60.1 Å². The first-order valence-electron chi connectivity index (χ1n) is 6.96. The Bertz CT molecular complexity index is 465. The van der Waals surface area contributed by atoms with E-state index in [2.05, 4.69) is 4.98 Å². The molecule has 1 aromatic heterocycles. The predicted molar refractivity (Wildman–Crippen MR) is 78.0 cm³/mol. The lowest BCUT2D eigenvalue weighted by atomic mass is 10.1. The van der Waals surface area contributed by atoms with Gasteiger partial charge in [0.25, 0.3) is 0 Å². The summed E-state index contributed by atoms with van der Waals surface area (Å²) in [5.74, 6) is -0.860. The number of pyridine rings is 1. The average molecular weight is 279 g/mol. The maximum Gasteiger partial charge on any atom is 0.338 e. The van der Waals surface area contributed by atoms with Gasteiger partial charge in [-0.05, 0) is 38.3 Å². The number of aromatic nitrogens is 1. The van der Waals surface area contributed by atoms with Crippen molar-refractivity contribution < 1.29 is 9.90 Å². The van der Waals surface area contributed by atoms with E-state index >= 15 is 0 Å². The van der Waals surface area contributed by atoms with Gasteiger partial charge in [-0.15, -0.1) is 11.8 Å². The lowest BCUT2D eigenvalue weighted by Gasteiger charge is -2.16. The minimum absolute atomic E-state index is 0.389. The van der Waals surface area contributed by atoms with E-state index in [1.165, 1.54) is 38.5 Å².